The van der Waals surface area contributed by atoms with Crippen molar-refractivity contribution in [3.05, 3.63) is 65.6 Å². The molecule has 3 aromatic rings. The summed E-state index contributed by atoms with van der Waals surface area (Å²) < 4.78 is 5.92. The van der Waals surface area contributed by atoms with E-state index < -0.39 is 0 Å². The number of pyridine rings is 1. The number of imidazole rings is 1. The molecule has 0 aliphatic carbocycles. The maximum absolute atomic E-state index is 10.6. The number of hydrogen-bond donors (Lipinski definition) is 1. The number of piperidine rings is 1. The van der Waals surface area contributed by atoms with E-state index in [0.717, 1.165) is 42.0 Å². The molecule has 1 aliphatic heterocycles. The number of carbonyl (C=O) groups excluding carboxylic acids is 2. The van der Waals surface area contributed by atoms with Gasteiger partial charge in [0.15, 0.2) is 5.84 Å². The normalized spacial score (nSPS) is 15.4. The molecule has 1 atom stereocenters. The van der Waals surface area contributed by atoms with Gasteiger partial charge in [0.05, 0.1) is 7.11 Å². The summed E-state index contributed by atoms with van der Waals surface area (Å²) in [5.74, 6) is 0.914. The number of aromatic nitrogens is 2. The van der Waals surface area contributed by atoms with Crippen molar-refractivity contribution in [1.82, 2.24) is 14.3 Å². The molecule has 1 saturated heterocycles. The lowest BCUT2D eigenvalue weighted by molar-refractivity contribution is -0.126. The van der Waals surface area contributed by atoms with Crippen molar-refractivity contribution < 1.29 is 19.2 Å². The van der Waals surface area contributed by atoms with Gasteiger partial charge in [-0.1, -0.05) is 23.4 Å². The minimum Gasteiger partial charge on any atom is -0.471 e. The fourth-order valence-electron chi connectivity index (χ4n) is 3.83. The number of aliphatic imine (C=N–C) groups is 1. The number of amides is 1. The highest BCUT2D eigenvalue weighted by Crippen LogP contribution is 2.18. The highest BCUT2D eigenvalue weighted by Gasteiger charge is 2.17. The molecule has 1 N–H and O–H groups in total. The van der Waals surface area contributed by atoms with Crippen LogP contribution in [0.5, 0.6) is 0 Å². The van der Waals surface area contributed by atoms with Gasteiger partial charge in [-0.3, -0.25) is 9.59 Å². The number of ether oxygens (including phenoxy) is 1. The second-order valence-corrected chi connectivity index (χ2v) is 8.59. The van der Waals surface area contributed by atoms with Crippen molar-refractivity contribution in [2.45, 2.75) is 26.7 Å². The summed E-state index contributed by atoms with van der Waals surface area (Å²) in [6.45, 7) is 10.6. The molecule has 198 valence electrons. The molecule has 3 heterocycles. The van der Waals surface area contributed by atoms with Crippen LogP contribution in [-0.4, -0.2) is 73.6 Å². The summed E-state index contributed by atoms with van der Waals surface area (Å²) in [5.41, 5.74) is 4.64. The predicted molar refractivity (Wildman–Crippen MR) is 146 cm³/mol. The lowest BCUT2D eigenvalue weighted by Crippen LogP contribution is -2.33. The molecule has 0 saturated carbocycles. The highest BCUT2D eigenvalue weighted by atomic mass is 16.6. The van der Waals surface area contributed by atoms with Crippen LogP contribution in [0.3, 0.4) is 0 Å². The number of anilines is 1. The summed E-state index contributed by atoms with van der Waals surface area (Å²) in [6.07, 6.45) is 6.89. The van der Waals surface area contributed by atoms with Gasteiger partial charge in [0.1, 0.15) is 12.3 Å². The Morgan fingerprint density at radius 1 is 1.27 bits per heavy atom. The molecule has 0 spiro atoms. The summed E-state index contributed by atoms with van der Waals surface area (Å²) >= 11 is 0. The van der Waals surface area contributed by atoms with Gasteiger partial charge in [-0.05, 0) is 70.8 Å². The maximum Gasteiger partial charge on any atom is 0.292 e. The molecule has 0 radical (unpaired) electrons. The lowest BCUT2D eigenvalue weighted by Gasteiger charge is -2.28. The van der Waals surface area contributed by atoms with Gasteiger partial charge in [-0.2, -0.15) is 0 Å². The molecular formula is C27H36N6O4. The monoisotopic (exact) mass is 508 g/mol. The Morgan fingerprint density at radius 2 is 2.05 bits per heavy atom. The van der Waals surface area contributed by atoms with E-state index in [4.69, 9.17) is 9.63 Å². The van der Waals surface area contributed by atoms with Crippen molar-refractivity contribution in [2.24, 2.45) is 16.1 Å². The molecule has 1 unspecified atom stereocenters. The van der Waals surface area contributed by atoms with Crippen molar-refractivity contribution in [3.63, 3.8) is 0 Å². The number of methoxy groups -OCH3 is 1. The van der Waals surface area contributed by atoms with E-state index in [0.29, 0.717) is 31.2 Å². The Bertz CT molecular complexity index is 1180. The molecular weight excluding hydrogens is 472 g/mol. The van der Waals surface area contributed by atoms with Gasteiger partial charge in [-0.15, -0.1) is 0 Å². The molecule has 4 rings (SSSR count). The largest absolute Gasteiger partial charge is 0.471 e. The number of carbonyl (C=O) groups is 2. The van der Waals surface area contributed by atoms with E-state index in [1.54, 1.807) is 0 Å². The van der Waals surface area contributed by atoms with Crippen molar-refractivity contribution in [1.29, 1.82) is 0 Å². The summed E-state index contributed by atoms with van der Waals surface area (Å²) in [6, 6.07) is 11.6. The average Bonchev–Trinajstić information content (AvgIpc) is 3.29. The van der Waals surface area contributed by atoms with Crippen LogP contribution in [0.1, 0.15) is 29.7 Å². The number of nitrogens with zero attached hydrogens (tertiary/aromatic N) is 5. The van der Waals surface area contributed by atoms with Crippen molar-refractivity contribution in [2.75, 3.05) is 39.2 Å². The highest BCUT2D eigenvalue weighted by molar-refractivity contribution is 6.02. The smallest absolute Gasteiger partial charge is 0.292 e. The summed E-state index contributed by atoms with van der Waals surface area (Å²) in [5, 5.41) is 6.78. The Labute approximate surface area is 218 Å². The van der Waals surface area contributed by atoms with E-state index in [2.05, 4.69) is 48.3 Å². The number of amidine groups is 1. The van der Waals surface area contributed by atoms with Gasteiger partial charge in [0.25, 0.3) is 6.47 Å². The Hall–Kier alpha value is -4.05. The molecule has 1 aliphatic rings. The van der Waals surface area contributed by atoms with E-state index in [1.165, 1.54) is 19.2 Å². The second kappa shape index (κ2) is 15.8. The van der Waals surface area contributed by atoms with Crippen LogP contribution in [0.4, 0.5) is 5.69 Å². The first-order valence-electron chi connectivity index (χ1n) is 11.9. The Kier molecular flexibility index (Phi) is 12.5. The van der Waals surface area contributed by atoms with E-state index in [9.17, 15) is 4.79 Å². The SMILES string of the molecule is C=N/C(=N\OCC1CCCN(C)C1)c1ccc(C)c(NC=O)c1.COC=O.Cc1cnc2ccccn12. The zero-order valence-electron chi connectivity index (χ0n) is 22.0. The quantitative estimate of drug-likeness (QED) is 0.225. The first kappa shape index (κ1) is 29.2. The molecule has 10 nitrogen and oxygen atoms in total. The van der Waals surface area contributed by atoms with Crippen LogP contribution < -0.4 is 5.32 Å². The van der Waals surface area contributed by atoms with Gasteiger partial charge in [0.2, 0.25) is 6.41 Å². The van der Waals surface area contributed by atoms with Crippen LogP contribution in [-0.2, 0) is 19.2 Å². The number of rotatable bonds is 7. The number of hydrogen-bond acceptors (Lipinski definition) is 7. The minimum absolute atomic E-state index is 0.375. The summed E-state index contributed by atoms with van der Waals surface area (Å²) in [4.78, 5) is 35.5. The van der Waals surface area contributed by atoms with Gasteiger partial charge >= 0.3 is 0 Å². The van der Waals surface area contributed by atoms with Crippen LogP contribution in [0.15, 0.2) is 58.9 Å². The molecule has 1 fully saturated rings. The Morgan fingerprint density at radius 3 is 2.70 bits per heavy atom. The summed E-state index contributed by atoms with van der Waals surface area (Å²) in [7, 11) is 3.44. The third kappa shape index (κ3) is 9.49. The zero-order chi connectivity index (χ0) is 27.0. The fourth-order valence-corrected chi connectivity index (χ4v) is 3.83. The van der Waals surface area contributed by atoms with Crippen LogP contribution >= 0.6 is 0 Å². The van der Waals surface area contributed by atoms with Crippen molar-refractivity contribution >= 4 is 36.8 Å². The third-order valence-electron chi connectivity index (χ3n) is 5.74. The number of nitrogens with one attached hydrogen (secondary N) is 1. The number of oxime groups is 1. The molecule has 37 heavy (non-hydrogen) atoms. The number of aryl methyl sites for hydroxylation is 2. The van der Waals surface area contributed by atoms with Gasteiger partial charge in [0, 0.05) is 41.8 Å². The maximum atomic E-state index is 10.6. The number of fused-ring (bicyclic) bond motifs is 1. The zero-order valence-corrected chi connectivity index (χ0v) is 22.0. The second-order valence-electron chi connectivity index (χ2n) is 8.59. The molecule has 10 heteroatoms. The topological polar surface area (TPSA) is 110 Å². The van der Waals surface area contributed by atoms with Crippen LogP contribution in [0.25, 0.3) is 5.65 Å². The molecule has 1 amide bonds. The van der Waals surface area contributed by atoms with E-state index in [-0.39, 0.29) is 0 Å². The van der Waals surface area contributed by atoms with Gasteiger partial charge in [-0.25, -0.2) is 9.98 Å². The first-order valence-corrected chi connectivity index (χ1v) is 11.9. The van der Waals surface area contributed by atoms with Crippen LogP contribution in [0, 0.1) is 19.8 Å². The van der Waals surface area contributed by atoms with E-state index in [1.807, 2.05) is 62.6 Å². The molecule has 2 aromatic heterocycles. The van der Waals surface area contributed by atoms with E-state index >= 15 is 0 Å². The standard InChI is InChI=1S/C17H24N4O2.C8H8N2.C2H4O2/c1-13-6-7-15(9-16(13)19-12-22)17(18-2)20-23-11-14-5-4-8-21(3)10-14;1-7-6-9-8-4-2-3-5-10(7)8;1-4-2-3/h6-7,9,12,14H,2,4-5,8,10-11H2,1,3H3,(H,19,22);2-6H,1H3;2H,1H3/b20-17-;;. The average molecular weight is 509 g/mol. The number of likely N-dealkylation sites (tertiary alicyclic amines) is 1. The van der Waals surface area contributed by atoms with Crippen molar-refractivity contribution in [3.8, 4) is 0 Å². The third-order valence-corrected chi connectivity index (χ3v) is 5.74. The van der Waals surface area contributed by atoms with Gasteiger partial charge < -0.3 is 24.2 Å². The predicted octanol–water partition coefficient (Wildman–Crippen LogP) is 3.72. The van der Waals surface area contributed by atoms with Crippen LogP contribution in [0.2, 0.25) is 0 Å². The fraction of sp³-hybridized carbons (Fsp3) is 0.370. The molecule has 1 aromatic carbocycles. The minimum atomic E-state index is 0.375. The lowest BCUT2D eigenvalue weighted by atomic mass is 10.00. The first-order chi connectivity index (χ1) is 17.9. The molecule has 0 bridgehead atoms. The number of benzene rings is 1. The Balaban J connectivity index is 0.000000280.